The van der Waals surface area contributed by atoms with Gasteiger partial charge in [-0.1, -0.05) is 24.3 Å². The molecule has 0 bridgehead atoms. The number of hydrogen-bond donors (Lipinski definition) is 0. The lowest BCUT2D eigenvalue weighted by molar-refractivity contribution is 0.140. The van der Waals surface area contributed by atoms with Gasteiger partial charge < -0.3 is 14.4 Å². The van der Waals surface area contributed by atoms with Gasteiger partial charge in [0.2, 0.25) is 0 Å². The molecule has 0 fully saturated rings. The second-order valence-corrected chi connectivity index (χ2v) is 6.72. The zero-order valence-corrected chi connectivity index (χ0v) is 15.9. The van der Waals surface area contributed by atoms with Gasteiger partial charge in [-0.25, -0.2) is 0 Å². The first-order chi connectivity index (χ1) is 12.8. The van der Waals surface area contributed by atoms with Crippen LogP contribution in [0, 0.1) is 11.3 Å². The maximum absolute atomic E-state index is 9.68. The second-order valence-electron chi connectivity index (χ2n) is 5.92. The highest BCUT2D eigenvalue weighted by molar-refractivity contribution is 7.98. The number of nitriles is 1. The number of nitrogens with zero attached hydrogens (tertiary/aromatic N) is 4. The third-order valence-electron chi connectivity index (χ3n) is 4.38. The summed E-state index contributed by atoms with van der Waals surface area (Å²) in [4.78, 5) is 11.1. The molecule has 0 saturated carbocycles. The fourth-order valence-electron chi connectivity index (χ4n) is 3.04. The van der Waals surface area contributed by atoms with Crippen LogP contribution in [0.5, 0.6) is 6.01 Å². The van der Waals surface area contributed by atoms with Gasteiger partial charge in [0.1, 0.15) is 23.3 Å². The first-order valence-corrected chi connectivity index (χ1v) is 9.79. The van der Waals surface area contributed by atoms with Crippen molar-refractivity contribution < 1.29 is 9.47 Å². The molecule has 0 spiro atoms. The Morgan fingerprint density at radius 2 is 1.85 bits per heavy atom. The molecule has 1 aromatic carbocycles. The van der Waals surface area contributed by atoms with Crippen molar-refractivity contribution in [2.45, 2.75) is 17.9 Å². The minimum atomic E-state index is 0.294. The highest BCUT2D eigenvalue weighted by Crippen LogP contribution is 2.30. The molecule has 136 valence electrons. The average Bonchev–Trinajstić information content (AvgIpc) is 2.90. The molecule has 7 heteroatoms. The van der Waals surface area contributed by atoms with E-state index in [2.05, 4.69) is 45.2 Å². The Morgan fingerprint density at radius 3 is 2.42 bits per heavy atom. The number of ether oxygens (including phenoxy) is 2. The van der Waals surface area contributed by atoms with Crippen LogP contribution in [-0.2, 0) is 17.6 Å². The molecule has 2 heterocycles. The van der Waals surface area contributed by atoms with E-state index in [0.29, 0.717) is 35.6 Å². The number of methoxy groups -OCH3 is 1. The number of benzene rings is 1. The first kappa shape index (κ1) is 18.5. The molecular formula is C19H22N4O2S. The number of anilines is 1. The molecule has 0 aliphatic carbocycles. The predicted octanol–water partition coefficient (Wildman–Crippen LogP) is 2.70. The number of rotatable bonds is 6. The molecule has 1 aromatic heterocycles. The molecule has 0 atom stereocenters. The Morgan fingerprint density at radius 1 is 1.15 bits per heavy atom. The monoisotopic (exact) mass is 370 g/mol. The molecular weight excluding hydrogens is 348 g/mol. The van der Waals surface area contributed by atoms with Gasteiger partial charge in [-0.15, -0.1) is 11.8 Å². The largest absolute Gasteiger partial charge is 0.461 e. The molecule has 0 unspecified atom stereocenters. The quantitative estimate of drug-likeness (QED) is 0.440. The lowest BCUT2D eigenvalue weighted by atomic mass is 10.0. The topological polar surface area (TPSA) is 71.3 Å². The number of aromatic nitrogens is 2. The summed E-state index contributed by atoms with van der Waals surface area (Å²) < 4.78 is 10.6. The van der Waals surface area contributed by atoms with E-state index in [1.807, 2.05) is 6.26 Å². The average molecular weight is 370 g/mol. The molecule has 0 N–H and O–H groups in total. The standard InChI is InChI=1S/C19H22N4O2S/c1-24-11-12-25-19-21-17(16(13-20)18(22-19)26-2)23-9-7-14-5-3-4-6-15(14)8-10-23/h3-6H,7-12H2,1-2H3. The van der Waals surface area contributed by atoms with Gasteiger partial charge in [-0.05, 0) is 30.2 Å². The lowest BCUT2D eigenvalue weighted by Crippen LogP contribution is -2.28. The summed E-state index contributed by atoms with van der Waals surface area (Å²) >= 11 is 1.43. The van der Waals surface area contributed by atoms with Gasteiger partial charge in [0, 0.05) is 20.2 Å². The molecule has 0 radical (unpaired) electrons. The van der Waals surface area contributed by atoms with Crippen LogP contribution in [0.1, 0.15) is 16.7 Å². The van der Waals surface area contributed by atoms with Crippen LogP contribution in [-0.4, -0.2) is 49.6 Å². The van der Waals surface area contributed by atoms with E-state index < -0.39 is 0 Å². The summed E-state index contributed by atoms with van der Waals surface area (Å²) in [6.45, 7) is 2.47. The van der Waals surface area contributed by atoms with Crippen LogP contribution in [0.4, 0.5) is 5.82 Å². The van der Waals surface area contributed by atoms with E-state index in [-0.39, 0.29) is 0 Å². The Labute approximate surface area is 158 Å². The Bertz CT molecular complexity index is 780. The van der Waals surface area contributed by atoms with Crippen LogP contribution in [0.15, 0.2) is 29.3 Å². The Balaban J connectivity index is 1.90. The van der Waals surface area contributed by atoms with Crippen molar-refractivity contribution in [1.29, 1.82) is 5.26 Å². The van der Waals surface area contributed by atoms with E-state index in [9.17, 15) is 5.26 Å². The van der Waals surface area contributed by atoms with Gasteiger partial charge in [0.15, 0.2) is 5.82 Å². The van der Waals surface area contributed by atoms with Gasteiger partial charge in [-0.2, -0.15) is 15.2 Å². The minimum Gasteiger partial charge on any atom is -0.461 e. The zero-order chi connectivity index (χ0) is 18.4. The van der Waals surface area contributed by atoms with Crippen molar-refractivity contribution in [2.75, 3.05) is 44.6 Å². The molecule has 26 heavy (non-hydrogen) atoms. The fourth-order valence-corrected chi connectivity index (χ4v) is 3.56. The Hall–Kier alpha value is -2.30. The van der Waals surface area contributed by atoms with E-state index in [4.69, 9.17) is 9.47 Å². The summed E-state index contributed by atoms with van der Waals surface area (Å²) in [7, 11) is 1.62. The third-order valence-corrected chi connectivity index (χ3v) is 5.06. The van der Waals surface area contributed by atoms with Gasteiger partial charge in [0.05, 0.1) is 6.61 Å². The summed E-state index contributed by atoms with van der Waals surface area (Å²) in [5.41, 5.74) is 3.25. The molecule has 1 aliphatic rings. The van der Waals surface area contributed by atoms with E-state index in [1.54, 1.807) is 7.11 Å². The molecule has 0 amide bonds. The van der Waals surface area contributed by atoms with Crippen LogP contribution < -0.4 is 9.64 Å². The maximum atomic E-state index is 9.68. The smallest absolute Gasteiger partial charge is 0.319 e. The molecule has 1 aliphatic heterocycles. The molecule has 6 nitrogen and oxygen atoms in total. The van der Waals surface area contributed by atoms with E-state index in [0.717, 1.165) is 25.9 Å². The Kier molecular flexibility index (Phi) is 6.31. The van der Waals surface area contributed by atoms with Crippen molar-refractivity contribution in [3.05, 3.63) is 41.0 Å². The number of hydrogen-bond acceptors (Lipinski definition) is 7. The predicted molar refractivity (Wildman–Crippen MR) is 102 cm³/mol. The SMILES string of the molecule is COCCOc1nc(SC)c(C#N)c(N2CCc3ccccc3CC2)n1. The number of thioether (sulfide) groups is 1. The normalized spacial score (nSPS) is 13.7. The van der Waals surface area contributed by atoms with Gasteiger partial charge >= 0.3 is 6.01 Å². The van der Waals surface area contributed by atoms with Crippen molar-refractivity contribution in [2.24, 2.45) is 0 Å². The van der Waals surface area contributed by atoms with Crippen LogP contribution in [0.3, 0.4) is 0 Å². The van der Waals surface area contributed by atoms with E-state index in [1.165, 1.54) is 22.9 Å². The zero-order valence-electron chi connectivity index (χ0n) is 15.1. The molecule has 3 rings (SSSR count). The van der Waals surface area contributed by atoms with E-state index >= 15 is 0 Å². The van der Waals surface area contributed by atoms with Crippen molar-refractivity contribution in [3.63, 3.8) is 0 Å². The highest BCUT2D eigenvalue weighted by atomic mass is 32.2. The van der Waals surface area contributed by atoms with Gasteiger partial charge in [-0.3, -0.25) is 0 Å². The summed E-state index contributed by atoms with van der Waals surface area (Å²) in [5.74, 6) is 0.659. The van der Waals surface area contributed by atoms with Crippen molar-refractivity contribution in [1.82, 2.24) is 9.97 Å². The summed E-state index contributed by atoms with van der Waals surface area (Å²) in [6, 6.07) is 11.1. The van der Waals surface area contributed by atoms with Crippen molar-refractivity contribution >= 4 is 17.6 Å². The minimum absolute atomic E-state index is 0.294. The summed E-state index contributed by atoms with van der Waals surface area (Å²) in [5, 5.41) is 10.3. The number of fused-ring (bicyclic) bond motifs is 1. The maximum Gasteiger partial charge on any atom is 0.319 e. The molecule has 0 saturated heterocycles. The van der Waals surface area contributed by atoms with Crippen LogP contribution >= 0.6 is 11.8 Å². The second kappa shape index (κ2) is 8.88. The van der Waals surface area contributed by atoms with Crippen molar-refractivity contribution in [3.8, 4) is 12.1 Å². The first-order valence-electron chi connectivity index (χ1n) is 8.56. The lowest BCUT2D eigenvalue weighted by Gasteiger charge is -2.23. The van der Waals surface area contributed by atoms with Crippen LogP contribution in [0.2, 0.25) is 0 Å². The van der Waals surface area contributed by atoms with Crippen LogP contribution in [0.25, 0.3) is 0 Å². The fraction of sp³-hybridized carbons (Fsp3) is 0.421. The summed E-state index contributed by atoms with van der Waals surface area (Å²) in [6.07, 6.45) is 3.77. The molecule has 2 aromatic rings. The van der Waals surface area contributed by atoms with Gasteiger partial charge in [0.25, 0.3) is 0 Å². The third kappa shape index (κ3) is 4.09. The highest BCUT2D eigenvalue weighted by Gasteiger charge is 2.22.